The molecule has 2 N–H and O–H groups in total. The maximum Gasteiger partial charge on any atom is 0.215 e. The lowest BCUT2D eigenvalue weighted by Crippen LogP contribution is -2.25. The van der Waals surface area contributed by atoms with E-state index in [9.17, 15) is 4.79 Å². The number of benzene rings is 1. The number of hydrogen-bond donors (Lipinski definition) is 1. The summed E-state index contributed by atoms with van der Waals surface area (Å²) in [4.78, 5) is 24.4. The SMILES string of the molecule is Nc1ncc(CCc2ccccc2)cc1C(=O)c1cccc(N2CCCCCC2)n1. The number of nitrogens with zero attached hydrogens (tertiary/aromatic N) is 3. The zero-order valence-electron chi connectivity index (χ0n) is 17.3. The van der Waals surface area contributed by atoms with E-state index in [0.29, 0.717) is 11.3 Å². The molecule has 0 radical (unpaired) electrons. The monoisotopic (exact) mass is 400 g/mol. The first-order valence-corrected chi connectivity index (χ1v) is 10.8. The van der Waals surface area contributed by atoms with Gasteiger partial charge in [-0.2, -0.15) is 0 Å². The quantitative estimate of drug-likeness (QED) is 0.619. The van der Waals surface area contributed by atoms with Crippen LogP contribution in [0.5, 0.6) is 0 Å². The lowest BCUT2D eigenvalue weighted by Gasteiger charge is -2.21. The van der Waals surface area contributed by atoms with Gasteiger partial charge in [-0.25, -0.2) is 9.97 Å². The molecule has 2 aromatic heterocycles. The van der Waals surface area contributed by atoms with Crippen LogP contribution in [0.1, 0.15) is 52.9 Å². The van der Waals surface area contributed by atoms with Crippen molar-refractivity contribution in [2.24, 2.45) is 0 Å². The molecular formula is C25H28N4O. The maximum atomic E-state index is 13.2. The van der Waals surface area contributed by atoms with Crippen molar-refractivity contribution < 1.29 is 4.79 Å². The topological polar surface area (TPSA) is 72.1 Å². The highest BCUT2D eigenvalue weighted by Crippen LogP contribution is 2.21. The molecule has 1 fully saturated rings. The highest BCUT2D eigenvalue weighted by molar-refractivity contribution is 6.10. The minimum Gasteiger partial charge on any atom is -0.383 e. The fraction of sp³-hybridized carbons (Fsp3) is 0.320. The predicted molar refractivity (Wildman–Crippen MR) is 121 cm³/mol. The summed E-state index contributed by atoms with van der Waals surface area (Å²) in [5.41, 5.74) is 9.18. The maximum absolute atomic E-state index is 13.2. The number of aromatic nitrogens is 2. The summed E-state index contributed by atoms with van der Waals surface area (Å²) >= 11 is 0. The molecule has 0 saturated carbocycles. The Hall–Kier alpha value is -3.21. The van der Waals surface area contributed by atoms with E-state index in [0.717, 1.165) is 37.3 Å². The van der Waals surface area contributed by atoms with Gasteiger partial charge in [0, 0.05) is 19.3 Å². The van der Waals surface area contributed by atoms with Crippen molar-refractivity contribution in [3.63, 3.8) is 0 Å². The Kier molecular flexibility index (Phi) is 6.38. The number of hydrogen-bond acceptors (Lipinski definition) is 5. The van der Waals surface area contributed by atoms with Gasteiger partial charge in [-0.05, 0) is 55.0 Å². The summed E-state index contributed by atoms with van der Waals surface area (Å²) in [7, 11) is 0. The van der Waals surface area contributed by atoms with E-state index in [1.807, 2.05) is 36.4 Å². The molecule has 0 amide bonds. The molecule has 154 valence electrons. The Balaban J connectivity index is 1.53. The fourth-order valence-electron chi connectivity index (χ4n) is 3.93. The fourth-order valence-corrected chi connectivity index (χ4v) is 3.93. The molecule has 1 aliphatic heterocycles. The number of nitrogens with two attached hydrogens (primary N) is 1. The van der Waals surface area contributed by atoms with Crippen LogP contribution in [0.2, 0.25) is 0 Å². The van der Waals surface area contributed by atoms with Crippen molar-refractivity contribution in [2.45, 2.75) is 38.5 Å². The number of nitrogen functional groups attached to an aromatic ring is 1. The molecule has 1 saturated heterocycles. The van der Waals surface area contributed by atoms with Crippen LogP contribution in [-0.2, 0) is 12.8 Å². The first-order chi connectivity index (χ1) is 14.7. The van der Waals surface area contributed by atoms with Crippen molar-refractivity contribution in [3.8, 4) is 0 Å². The molecule has 0 spiro atoms. The highest BCUT2D eigenvalue weighted by atomic mass is 16.1. The smallest absolute Gasteiger partial charge is 0.215 e. The third-order valence-electron chi connectivity index (χ3n) is 5.66. The van der Waals surface area contributed by atoms with Crippen molar-refractivity contribution in [2.75, 3.05) is 23.7 Å². The van der Waals surface area contributed by atoms with E-state index in [4.69, 9.17) is 5.73 Å². The average Bonchev–Trinajstić information content (AvgIpc) is 3.08. The van der Waals surface area contributed by atoms with E-state index in [1.54, 1.807) is 12.3 Å². The highest BCUT2D eigenvalue weighted by Gasteiger charge is 2.18. The molecule has 5 heteroatoms. The van der Waals surface area contributed by atoms with Crippen LogP contribution in [0.25, 0.3) is 0 Å². The molecule has 0 bridgehead atoms. The van der Waals surface area contributed by atoms with E-state index in [-0.39, 0.29) is 11.6 Å². The number of aryl methyl sites for hydroxylation is 2. The van der Waals surface area contributed by atoms with Crippen LogP contribution >= 0.6 is 0 Å². The lowest BCUT2D eigenvalue weighted by atomic mass is 10.0. The summed E-state index contributed by atoms with van der Waals surface area (Å²) in [5.74, 6) is 0.957. The normalized spacial score (nSPS) is 14.3. The molecule has 30 heavy (non-hydrogen) atoms. The number of pyridine rings is 2. The number of anilines is 2. The first kappa shape index (κ1) is 20.1. The number of carbonyl (C=O) groups excluding carboxylic acids is 1. The standard InChI is InChI=1S/C25H28N4O/c26-25-21(17-20(18-27-25)14-13-19-9-4-3-5-10-19)24(30)22-11-8-12-23(28-22)29-15-6-1-2-7-16-29/h3-5,8-12,17-18H,1-2,6-7,13-16H2,(H2,26,27). The number of carbonyl (C=O) groups is 1. The van der Waals surface area contributed by atoms with Gasteiger partial charge in [0.15, 0.2) is 0 Å². The van der Waals surface area contributed by atoms with Gasteiger partial charge in [0.25, 0.3) is 0 Å². The second kappa shape index (κ2) is 9.53. The van der Waals surface area contributed by atoms with Crippen LogP contribution in [-0.4, -0.2) is 28.8 Å². The van der Waals surface area contributed by atoms with Gasteiger partial charge in [0.2, 0.25) is 5.78 Å². The molecule has 1 aliphatic rings. The third-order valence-corrected chi connectivity index (χ3v) is 5.66. The van der Waals surface area contributed by atoms with Gasteiger partial charge in [0.05, 0.1) is 5.56 Å². The van der Waals surface area contributed by atoms with Gasteiger partial charge >= 0.3 is 0 Å². The van der Waals surface area contributed by atoms with E-state index >= 15 is 0 Å². The molecule has 0 aliphatic carbocycles. The van der Waals surface area contributed by atoms with Crippen molar-refractivity contribution in [1.29, 1.82) is 0 Å². The molecule has 0 atom stereocenters. The first-order valence-electron chi connectivity index (χ1n) is 10.8. The molecule has 1 aromatic carbocycles. The van der Waals surface area contributed by atoms with Gasteiger partial charge in [-0.15, -0.1) is 0 Å². The third kappa shape index (κ3) is 4.85. The number of ketones is 1. The van der Waals surface area contributed by atoms with E-state index < -0.39 is 0 Å². The summed E-state index contributed by atoms with van der Waals surface area (Å²) in [6.07, 6.45) is 8.30. The van der Waals surface area contributed by atoms with Gasteiger partial charge in [-0.1, -0.05) is 49.2 Å². The second-order valence-corrected chi connectivity index (χ2v) is 7.87. The lowest BCUT2D eigenvalue weighted by molar-refractivity contribution is 0.103. The van der Waals surface area contributed by atoms with Crippen LogP contribution in [0.15, 0.2) is 60.8 Å². The van der Waals surface area contributed by atoms with E-state index in [2.05, 4.69) is 27.0 Å². The molecule has 3 aromatic rings. The van der Waals surface area contributed by atoms with Crippen LogP contribution < -0.4 is 10.6 Å². The zero-order valence-corrected chi connectivity index (χ0v) is 17.3. The number of rotatable bonds is 6. The predicted octanol–water partition coefficient (Wildman–Crippen LogP) is 4.46. The minimum absolute atomic E-state index is 0.168. The minimum atomic E-state index is -0.168. The molecule has 3 heterocycles. The Morgan fingerprint density at radius 3 is 2.40 bits per heavy atom. The van der Waals surface area contributed by atoms with Gasteiger partial charge in [-0.3, -0.25) is 4.79 Å². The average molecular weight is 401 g/mol. The molecule has 0 unspecified atom stereocenters. The molecule has 4 rings (SSSR count). The van der Waals surface area contributed by atoms with Crippen LogP contribution in [0, 0.1) is 0 Å². The van der Waals surface area contributed by atoms with Crippen molar-refractivity contribution in [1.82, 2.24) is 9.97 Å². The van der Waals surface area contributed by atoms with Crippen LogP contribution in [0.3, 0.4) is 0 Å². The summed E-state index contributed by atoms with van der Waals surface area (Å²) in [5, 5.41) is 0. The van der Waals surface area contributed by atoms with Crippen LogP contribution in [0.4, 0.5) is 11.6 Å². The Morgan fingerprint density at radius 2 is 1.63 bits per heavy atom. The summed E-state index contributed by atoms with van der Waals surface area (Å²) in [6.45, 7) is 1.98. The molecule has 5 nitrogen and oxygen atoms in total. The Bertz CT molecular complexity index is 995. The zero-order chi connectivity index (χ0) is 20.8. The summed E-state index contributed by atoms with van der Waals surface area (Å²) < 4.78 is 0. The summed E-state index contributed by atoms with van der Waals surface area (Å²) in [6, 6.07) is 17.8. The Labute approximate surface area is 178 Å². The van der Waals surface area contributed by atoms with Crippen molar-refractivity contribution in [3.05, 3.63) is 83.2 Å². The van der Waals surface area contributed by atoms with Crippen molar-refractivity contribution >= 4 is 17.4 Å². The largest absolute Gasteiger partial charge is 0.383 e. The Morgan fingerprint density at radius 1 is 0.900 bits per heavy atom. The second-order valence-electron chi connectivity index (χ2n) is 7.87. The molecular weight excluding hydrogens is 372 g/mol. The van der Waals surface area contributed by atoms with E-state index in [1.165, 1.54) is 31.2 Å². The van der Waals surface area contributed by atoms with Gasteiger partial charge < -0.3 is 10.6 Å². The van der Waals surface area contributed by atoms with Gasteiger partial charge in [0.1, 0.15) is 17.3 Å².